The second kappa shape index (κ2) is 10.7. The molecule has 0 bridgehead atoms. The molecule has 0 radical (unpaired) electrons. The average Bonchev–Trinajstić information content (AvgIpc) is 2.69. The number of sulfonamides is 1. The molecule has 2 rings (SSSR count). The lowest BCUT2D eigenvalue weighted by molar-refractivity contribution is 0.273. The molecule has 1 N–H and O–H groups in total. The van der Waals surface area contributed by atoms with Gasteiger partial charge in [-0.25, -0.2) is 4.83 Å². The van der Waals surface area contributed by atoms with Crippen molar-refractivity contribution in [3.05, 3.63) is 48.0 Å². The Morgan fingerprint density at radius 2 is 1.79 bits per heavy atom. The quantitative estimate of drug-likeness (QED) is 0.441. The van der Waals surface area contributed by atoms with E-state index in [-0.39, 0.29) is 4.90 Å². The highest BCUT2D eigenvalue weighted by molar-refractivity contribution is 7.89. The molecular weight excluding hydrogens is 392 g/mol. The van der Waals surface area contributed by atoms with Crippen molar-refractivity contribution in [3.63, 3.8) is 0 Å². The van der Waals surface area contributed by atoms with Gasteiger partial charge < -0.3 is 14.2 Å². The number of benzene rings is 2. The normalized spacial score (nSPS) is 11.6. The second-order valence-electron chi connectivity index (χ2n) is 6.70. The van der Waals surface area contributed by atoms with E-state index in [1.54, 1.807) is 37.4 Å². The first kappa shape index (κ1) is 22.5. The molecule has 0 aromatic heterocycles. The molecule has 2 aromatic carbocycles. The molecule has 0 atom stereocenters. The summed E-state index contributed by atoms with van der Waals surface area (Å²) < 4.78 is 41.1. The van der Waals surface area contributed by atoms with E-state index in [0.29, 0.717) is 41.9 Å². The number of hydrogen-bond donors (Lipinski definition) is 1. The Morgan fingerprint density at radius 1 is 1.07 bits per heavy atom. The number of nitrogens with zero attached hydrogens (tertiary/aromatic N) is 1. The lowest BCUT2D eigenvalue weighted by Gasteiger charge is -2.12. The molecule has 7 nitrogen and oxygen atoms in total. The van der Waals surface area contributed by atoms with Crippen molar-refractivity contribution in [1.82, 2.24) is 4.83 Å². The van der Waals surface area contributed by atoms with Crippen LogP contribution in [0, 0.1) is 5.92 Å². The maximum absolute atomic E-state index is 12.3. The molecule has 0 aliphatic rings. The highest BCUT2D eigenvalue weighted by Crippen LogP contribution is 2.28. The molecule has 0 saturated heterocycles. The fourth-order valence-corrected chi connectivity index (χ4v) is 3.18. The molecule has 0 saturated carbocycles. The first-order chi connectivity index (χ1) is 13.9. The molecule has 0 heterocycles. The van der Waals surface area contributed by atoms with Crippen LogP contribution in [-0.2, 0) is 10.0 Å². The van der Waals surface area contributed by atoms with E-state index >= 15 is 0 Å². The minimum atomic E-state index is -3.77. The third kappa shape index (κ3) is 6.98. The van der Waals surface area contributed by atoms with Crippen LogP contribution < -0.4 is 19.0 Å². The lowest BCUT2D eigenvalue weighted by Crippen LogP contribution is -2.18. The Hall–Kier alpha value is -2.74. The van der Waals surface area contributed by atoms with Crippen LogP contribution in [0.2, 0.25) is 0 Å². The Labute approximate surface area is 172 Å². The van der Waals surface area contributed by atoms with Crippen LogP contribution in [0.15, 0.2) is 52.5 Å². The highest BCUT2D eigenvalue weighted by atomic mass is 32.2. The zero-order chi connectivity index (χ0) is 21.3. The Kier molecular flexibility index (Phi) is 8.33. The number of rotatable bonds is 11. The van der Waals surface area contributed by atoms with E-state index < -0.39 is 10.0 Å². The van der Waals surface area contributed by atoms with Crippen molar-refractivity contribution in [2.24, 2.45) is 11.0 Å². The smallest absolute Gasteiger partial charge is 0.276 e. The number of methoxy groups -OCH3 is 1. The fraction of sp³-hybridized carbons (Fsp3) is 0.381. The van der Waals surface area contributed by atoms with E-state index in [2.05, 4.69) is 23.8 Å². The Balaban J connectivity index is 2.03. The largest absolute Gasteiger partial charge is 0.494 e. The summed E-state index contributed by atoms with van der Waals surface area (Å²) in [5.41, 5.74) is 0.674. The minimum Gasteiger partial charge on any atom is -0.494 e. The average molecular weight is 421 g/mol. The van der Waals surface area contributed by atoms with Gasteiger partial charge in [0.2, 0.25) is 0 Å². The predicted octanol–water partition coefficient (Wildman–Crippen LogP) is 3.83. The van der Waals surface area contributed by atoms with Crippen molar-refractivity contribution in [2.75, 3.05) is 20.3 Å². The van der Waals surface area contributed by atoms with Crippen molar-refractivity contribution in [2.45, 2.75) is 32.1 Å². The third-order valence-corrected chi connectivity index (χ3v) is 5.21. The molecule has 0 aliphatic heterocycles. The summed E-state index contributed by atoms with van der Waals surface area (Å²) in [6.45, 7) is 7.24. The minimum absolute atomic E-state index is 0.101. The van der Waals surface area contributed by atoms with Gasteiger partial charge in [0.1, 0.15) is 5.75 Å². The van der Waals surface area contributed by atoms with Crippen molar-refractivity contribution in [1.29, 1.82) is 0 Å². The van der Waals surface area contributed by atoms with E-state index in [1.165, 1.54) is 18.3 Å². The van der Waals surface area contributed by atoms with E-state index in [1.807, 2.05) is 6.92 Å². The van der Waals surface area contributed by atoms with Gasteiger partial charge >= 0.3 is 0 Å². The fourth-order valence-electron chi connectivity index (χ4n) is 2.39. The summed E-state index contributed by atoms with van der Waals surface area (Å²) in [6.07, 6.45) is 2.35. The molecule has 0 amide bonds. The van der Waals surface area contributed by atoms with Crippen LogP contribution in [0.3, 0.4) is 0 Å². The van der Waals surface area contributed by atoms with Gasteiger partial charge in [-0.15, -0.1) is 0 Å². The predicted molar refractivity (Wildman–Crippen MR) is 113 cm³/mol. The molecule has 158 valence electrons. The maximum atomic E-state index is 12.3. The second-order valence-corrected chi connectivity index (χ2v) is 8.36. The van der Waals surface area contributed by atoms with Gasteiger partial charge in [-0.05, 0) is 67.3 Å². The zero-order valence-electron chi connectivity index (χ0n) is 17.2. The van der Waals surface area contributed by atoms with Crippen molar-refractivity contribution < 1.29 is 22.6 Å². The summed E-state index contributed by atoms with van der Waals surface area (Å²) in [7, 11) is -2.21. The topological polar surface area (TPSA) is 86.2 Å². The lowest BCUT2D eigenvalue weighted by atomic mass is 10.1. The van der Waals surface area contributed by atoms with Gasteiger partial charge in [-0.1, -0.05) is 13.8 Å². The molecule has 29 heavy (non-hydrogen) atoms. The number of hydrogen-bond acceptors (Lipinski definition) is 6. The van der Waals surface area contributed by atoms with E-state index in [4.69, 9.17) is 14.2 Å². The SMILES string of the molecule is CCOc1ccc(S(=O)(=O)NN=Cc2ccc(OCCC(C)C)c(OC)c2)cc1. The Bertz CT molecular complexity index is 909. The molecular formula is C21H28N2O5S. The molecule has 0 fully saturated rings. The van der Waals surface area contributed by atoms with Crippen LogP contribution in [0.4, 0.5) is 0 Å². The molecule has 2 aromatic rings. The monoisotopic (exact) mass is 420 g/mol. The van der Waals surface area contributed by atoms with E-state index in [9.17, 15) is 8.42 Å². The molecule has 0 spiro atoms. The van der Waals surface area contributed by atoms with E-state index in [0.717, 1.165) is 6.42 Å². The summed E-state index contributed by atoms with van der Waals surface area (Å²) >= 11 is 0. The summed E-state index contributed by atoms with van der Waals surface area (Å²) in [5, 5.41) is 3.85. The first-order valence-corrected chi connectivity index (χ1v) is 10.9. The molecule has 0 aliphatic carbocycles. The van der Waals surface area contributed by atoms with Crippen molar-refractivity contribution in [3.8, 4) is 17.2 Å². The van der Waals surface area contributed by atoms with Gasteiger partial charge in [-0.3, -0.25) is 0 Å². The highest BCUT2D eigenvalue weighted by Gasteiger charge is 2.12. The van der Waals surface area contributed by atoms with Crippen LogP contribution in [0.5, 0.6) is 17.2 Å². The van der Waals surface area contributed by atoms with Gasteiger partial charge in [0.25, 0.3) is 10.0 Å². The van der Waals surface area contributed by atoms with Gasteiger partial charge in [0.15, 0.2) is 11.5 Å². The van der Waals surface area contributed by atoms with Gasteiger partial charge in [-0.2, -0.15) is 13.5 Å². The summed E-state index contributed by atoms with van der Waals surface area (Å²) in [6, 6.07) is 11.4. The van der Waals surface area contributed by atoms with Crippen LogP contribution in [0.1, 0.15) is 32.8 Å². The summed E-state index contributed by atoms with van der Waals surface area (Å²) in [4.78, 5) is 2.30. The van der Waals surface area contributed by atoms with Crippen LogP contribution in [-0.4, -0.2) is 35.0 Å². The zero-order valence-corrected chi connectivity index (χ0v) is 18.0. The maximum Gasteiger partial charge on any atom is 0.276 e. The standard InChI is InChI=1S/C21H28N2O5S/c1-5-27-18-7-9-19(10-8-18)29(24,25)23-22-15-17-6-11-20(21(14-17)26-4)28-13-12-16(2)3/h6-11,14-16,23H,5,12-13H2,1-4H3. The number of hydrazone groups is 1. The third-order valence-electron chi connectivity index (χ3n) is 3.97. The first-order valence-electron chi connectivity index (χ1n) is 9.44. The molecule has 8 heteroatoms. The van der Waals surface area contributed by atoms with Gasteiger partial charge in [0, 0.05) is 0 Å². The molecule has 0 unspecified atom stereocenters. The number of ether oxygens (including phenoxy) is 3. The number of nitrogens with one attached hydrogen (secondary N) is 1. The van der Waals surface area contributed by atoms with Gasteiger partial charge in [0.05, 0.1) is 31.4 Å². The van der Waals surface area contributed by atoms with Crippen molar-refractivity contribution >= 4 is 16.2 Å². The Morgan fingerprint density at radius 3 is 2.41 bits per heavy atom. The summed E-state index contributed by atoms with van der Waals surface area (Å²) in [5.74, 6) is 2.36. The van der Waals surface area contributed by atoms with Crippen LogP contribution in [0.25, 0.3) is 0 Å². The van der Waals surface area contributed by atoms with Crippen LogP contribution >= 0.6 is 0 Å².